The number of hydrogen-bond donors (Lipinski definition) is 1. The Bertz CT molecular complexity index is 968. The first-order valence-electron chi connectivity index (χ1n) is 7.85. The Labute approximate surface area is 148 Å². The quantitative estimate of drug-likeness (QED) is 0.530. The van der Waals surface area contributed by atoms with Crippen LogP contribution in [0.5, 0.6) is 0 Å². The summed E-state index contributed by atoms with van der Waals surface area (Å²) < 4.78 is 0.867. The van der Waals surface area contributed by atoms with E-state index in [4.69, 9.17) is 0 Å². The minimum absolute atomic E-state index is 0.224. The Hall–Kier alpha value is -2.46. The van der Waals surface area contributed by atoms with Crippen LogP contribution < -0.4 is 5.43 Å². The van der Waals surface area contributed by atoms with Crippen LogP contribution >= 0.6 is 15.9 Å². The van der Waals surface area contributed by atoms with Crippen molar-refractivity contribution in [3.8, 4) is 0 Å². The van der Waals surface area contributed by atoms with Gasteiger partial charge in [0, 0.05) is 15.6 Å². The third-order valence-corrected chi connectivity index (χ3v) is 4.86. The number of aryl methyl sites for hydroxylation is 2. The SMILES string of the molecule is O=C(N/N=C\c1ccc2c3c(cccc13)CC2)c1cccc(Br)c1. The van der Waals surface area contributed by atoms with Crippen molar-refractivity contribution in [1.29, 1.82) is 0 Å². The van der Waals surface area contributed by atoms with E-state index in [0.29, 0.717) is 5.56 Å². The Morgan fingerprint density at radius 2 is 1.83 bits per heavy atom. The monoisotopic (exact) mass is 378 g/mol. The van der Waals surface area contributed by atoms with Gasteiger partial charge in [-0.25, -0.2) is 5.43 Å². The van der Waals surface area contributed by atoms with Crippen LogP contribution in [0, 0.1) is 0 Å². The summed E-state index contributed by atoms with van der Waals surface area (Å²) in [5, 5.41) is 6.68. The Balaban J connectivity index is 1.59. The summed E-state index contributed by atoms with van der Waals surface area (Å²) >= 11 is 3.36. The van der Waals surface area contributed by atoms with Crippen molar-refractivity contribution in [2.45, 2.75) is 12.8 Å². The molecule has 1 amide bonds. The van der Waals surface area contributed by atoms with E-state index in [2.05, 4.69) is 56.8 Å². The summed E-state index contributed by atoms with van der Waals surface area (Å²) in [7, 11) is 0. The normalized spacial score (nSPS) is 12.9. The Kier molecular flexibility index (Phi) is 3.90. The van der Waals surface area contributed by atoms with E-state index in [9.17, 15) is 4.79 Å². The molecule has 4 rings (SSSR count). The van der Waals surface area contributed by atoms with E-state index in [1.165, 1.54) is 21.9 Å². The lowest BCUT2D eigenvalue weighted by Crippen LogP contribution is -2.17. The molecule has 118 valence electrons. The Morgan fingerprint density at radius 1 is 1.04 bits per heavy atom. The molecule has 1 aliphatic carbocycles. The number of carbonyl (C=O) groups is 1. The van der Waals surface area contributed by atoms with Crippen LogP contribution in [0.2, 0.25) is 0 Å². The summed E-state index contributed by atoms with van der Waals surface area (Å²) in [5.74, 6) is -0.224. The molecule has 0 atom stereocenters. The van der Waals surface area contributed by atoms with Crippen LogP contribution in [-0.2, 0) is 12.8 Å². The van der Waals surface area contributed by atoms with Crippen LogP contribution in [0.3, 0.4) is 0 Å². The first-order valence-corrected chi connectivity index (χ1v) is 8.64. The highest BCUT2D eigenvalue weighted by Crippen LogP contribution is 2.32. The summed E-state index contributed by atoms with van der Waals surface area (Å²) in [6.45, 7) is 0. The van der Waals surface area contributed by atoms with Gasteiger partial charge in [0.25, 0.3) is 5.91 Å². The largest absolute Gasteiger partial charge is 0.271 e. The average molecular weight is 379 g/mol. The molecule has 1 aliphatic rings. The molecule has 3 aromatic carbocycles. The van der Waals surface area contributed by atoms with E-state index in [1.54, 1.807) is 18.3 Å². The van der Waals surface area contributed by atoms with Gasteiger partial charge in [0.05, 0.1) is 6.21 Å². The molecule has 0 aliphatic heterocycles. The van der Waals surface area contributed by atoms with Crippen molar-refractivity contribution in [2.75, 3.05) is 0 Å². The molecule has 3 aromatic rings. The number of hydrazone groups is 1. The fourth-order valence-corrected chi connectivity index (χ4v) is 3.64. The smallest absolute Gasteiger partial charge is 0.267 e. The second kappa shape index (κ2) is 6.21. The summed E-state index contributed by atoms with van der Waals surface area (Å²) in [4.78, 5) is 12.1. The summed E-state index contributed by atoms with van der Waals surface area (Å²) in [6, 6.07) is 17.9. The lowest BCUT2D eigenvalue weighted by atomic mass is 10.0. The van der Waals surface area contributed by atoms with Gasteiger partial charge in [-0.05, 0) is 52.9 Å². The number of hydrogen-bond acceptors (Lipinski definition) is 2. The van der Waals surface area contributed by atoms with Crippen molar-refractivity contribution >= 4 is 38.8 Å². The van der Waals surface area contributed by atoms with Gasteiger partial charge >= 0.3 is 0 Å². The molecule has 0 bridgehead atoms. The van der Waals surface area contributed by atoms with E-state index in [0.717, 1.165) is 22.9 Å². The molecule has 0 radical (unpaired) electrons. The molecule has 1 N–H and O–H groups in total. The van der Waals surface area contributed by atoms with Gasteiger partial charge in [-0.3, -0.25) is 4.79 Å². The first kappa shape index (κ1) is 15.1. The van der Waals surface area contributed by atoms with Gasteiger partial charge in [-0.1, -0.05) is 52.3 Å². The van der Waals surface area contributed by atoms with Crippen LogP contribution in [0.1, 0.15) is 27.0 Å². The first-order chi connectivity index (χ1) is 11.7. The minimum Gasteiger partial charge on any atom is -0.267 e. The lowest BCUT2D eigenvalue weighted by Gasteiger charge is -2.05. The Morgan fingerprint density at radius 3 is 2.67 bits per heavy atom. The molecule has 0 heterocycles. The van der Waals surface area contributed by atoms with Crippen LogP contribution in [0.15, 0.2) is 64.2 Å². The number of rotatable bonds is 3. The molecule has 0 aromatic heterocycles. The summed E-state index contributed by atoms with van der Waals surface area (Å²) in [6.07, 6.45) is 3.93. The van der Waals surface area contributed by atoms with E-state index in [1.807, 2.05) is 12.1 Å². The van der Waals surface area contributed by atoms with E-state index >= 15 is 0 Å². The van der Waals surface area contributed by atoms with Gasteiger partial charge in [-0.2, -0.15) is 5.10 Å². The second-order valence-electron chi connectivity index (χ2n) is 5.86. The zero-order valence-electron chi connectivity index (χ0n) is 12.9. The predicted octanol–water partition coefficient (Wildman–Crippen LogP) is 4.46. The highest BCUT2D eigenvalue weighted by Gasteiger charge is 2.15. The van der Waals surface area contributed by atoms with E-state index < -0.39 is 0 Å². The molecule has 0 spiro atoms. The zero-order chi connectivity index (χ0) is 16.5. The molecule has 0 fully saturated rings. The third kappa shape index (κ3) is 2.74. The van der Waals surface area contributed by atoms with Gasteiger partial charge in [-0.15, -0.1) is 0 Å². The maximum absolute atomic E-state index is 12.1. The van der Waals surface area contributed by atoms with Gasteiger partial charge in [0.1, 0.15) is 0 Å². The van der Waals surface area contributed by atoms with Gasteiger partial charge in [0.2, 0.25) is 0 Å². The van der Waals surface area contributed by atoms with E-state index in [-0.39, 0.29) is 5.91 Å². The van der Waals surface area contributed by atoms with Crippen molar-refractivity contribution in [3.63, 3.8) is 0 Å². The highest BCUT2D eigenvalue weighted by molar-refractivity contribution is 9.10. The molecular formula is C20H15BrN2O. The fraction of sp³-hybridized carbons (Fsp3) is 0.100. The predicted molar refractivity (Wildman–Crippen MR) is 101 cm³/mol. The molecule has 0 saturated carbocycles. The fourth-order valence-electron chi connectivity index (χ4n) is 3.24. The van der Waals surface area contributed by atoms with Gasteiger partial charge in [0.15, 0.2) is 0 Å². The molecule has 0 unspecified atom stereocenters. The maximum Gasteiger partial charge on any atom is 0.271 e. The van der Waals surface area contributed by atoms with Crippen LogP contribution in [0.25, 0.3) is 10.8 Å². The average Bonchev–Trinajstić information content (AvgIpc) is 3.02. The number of carbonyl (C=O) groups excluding carboxylic acids is 1. The number of amides is 1. The number of nitrogens with one attached hydrogen (secondary N) is 1. The number of benzene rings is 3. The third-order valence-electron chi connectivity index (χ3n) is 4.37. The van der Waals surface area contributed by atoms with Crippen molar-refractivity contribution in [2.24, 2.45) is 5.10 Å². The molecule has 3 nitrogen and oxygen atoms in total. The van der Waals surface area contributed by atoms with Crippen molar-refractivity contribution in [3.05, 3.63) is 81.3 Å². The van der Waals surface area contributed by atoms with Gasteiger partial charge < -0.3 is 0 Å². The minimum atomic E-state index is -0.224. The van der Waals surface area contributed by atoms with Crippen LogP contribution in [0.4, 0.5) is 0 Å². The number of halogens is 1. The summed E-state index contributed by atoms with van der Waals surface area (Å²) in [5.41, 5.74) is 6.98. The number of nitrogens with zero attached hydrogens (tertiary/aromatic N) is 1. The van der Waals surface area contributed by atoms with Crippen LogP contribution in [-0.4, -0.2) is 12.1 Å². The van der Waals surface area contributed by atoms with Crippen molar-refractivity contribution < 1.29 is 4.79 Å². The zero-order valence-corrected chi connectivity index (χ0v) is 14.5. The molecular weight excluding hydrogens is 364 g/mol. The van der Waals surface area contributed by atoms with Crippen molar-refractivity contribution in [1.82, 2.24) is 5.43 Å². The standard InChI is InChI=1S/C20H15BrN2O/c21-17-5-1-4-15(11-17)20(24)23-22-12-16-10-9-14-8-7-13-3-2-6-18(16)19(13)14/h1-6,9-12H,7-8H2,(H,23,24)/b22-12-. The highest BCUT2D eigenvalue weighted by atomic mass is 79.9. The lowest BCUT2D eigenvalue weighted by molar-refractivity contribution is 0.0955. The molecule has 4 heteroatoms. The maximum atomic E-state index is 12.1. The topological polar surface area (TPSA) is 41.5 Å². The second-order valence-corrected chi connectivity index (χ2v) is 6.78. The molecule has 24 heavy (non-hydrogen) atoms. The molecule has 0 saturated heterocycles.